The van der Waals surface area contributed by atoms with Gasteiger partial charge in [0, 0.05) is 26.8 Å². The number of hydrogen-bond donors (Lipinski definition) is 1. The van der Waals surface area contributed by atoms with Gasteiger partial charge in [0.2, 0.25) is 0 Å². The van der Waals surface area contributed by atoms with E-state index in [0.29, 0.717) is 10.0 Å². The van der Waals surface area contributed by atoms with Gasteiger partial charge >= 0.3 is 0 Å². The molecule has 0 fully saturated rings. The highest BCUT2D eigenvalue weighted by Gasteiger charge is 2.09. The van der Waals surface area contributed by atoms with Gasteiger partial charge < -0.3 is 5.32 Å². The average Bonchev–Trinajstić information content (AvgIpc) is 2.32. The predicted molar refractivity (Wildman–Crippen MR) is 80.0 cm³/mol. The Bertz CT molecular complexity index is 537. The van der Waals surface area contributed by atoms with Crippen LogP contribution >= 0.6 is 34.8 Å². The van der Waals surface area contributed by atoms with Gasteiger partial charge in [-0.05, 0) is 48.9 Å². The summed E-state index contributed by atoms with van der Waals surface area (Å²) in [4.78, 5) is 0. The third kappa shape index (κ3) is 3.32. The van der Waals surface area contributed by atoms with E-state index in [1.54, 1.807) is 6.07 Å². The lowest BCUT2D eigenvalue weighted by Gasteiger charge is -2.17. The lowest BCUT2D eigenvalue weighted by Crippen LogP contribution is -2.06. The summed E-state index contributed by atoms with van der Waals surface area (Å²) in [6.07, 6.45) is 0. The van der Waals surface area contributed by atoms with Gasteiger partial charge in [0.15, 0.2) is 0 Å². The first-order chi connectivity index (χ1) is 8.56. The normalized spacial score (nSPS) is 12.2. The monoisotopic (exact) mass is 299 g/mol. The Hall–Kier alpha value is -0.890. The SMILES string of the molecule is CC(Nc1ccc(Cl)cc1)c1ccc(Cl)cc1Cl. The highest BCUT2D eigenvalue weighted by atomic mass is 35.5. The molecule has 0 aliphatic carbocycles. The molecule has 2 aromatic rings. The lowest BCUT2D eigenvalue weighted by molar-refractivity contribution is 0.885. The summed E-state index contributed by atoms with van der Waals surface area (Å²) in [6, 6.07) is 13.2. The fourth-order valence-electron chi connectivity index (χ4n) is 1.73. The molecular weight excluding hydrogens is 289 g/mol. The Morgan fingerprint density at radius 1 is 0.889 bits per heavy atom. The summed E-state index contributed by atoms with van der Waals surface area (Å²) in [5.74, 6) is 0. The number of benzene rings is 2. The van der Waals surface area contributed by atoms with Crippen molar-refractivity contribution in [3.05, 3.63) is 63.1 Å². The van der Waals surface area contributed by atoms with Crippen molar-refractivity contribution >= 4 is 40.5 Å². The van der Waals surface area contributed by atoms with Crippen molar-refractivity contribution in [3.8, 4) is 0 Å². The minimum absolute atomic E-state index is 0.0935. The molecule has 0 radical (unpaired) electrons. The average molecular weight is 301 g/mol. The molecule has 1 nitrogen and oxygen atoms in total. The standard InChI is InChI=1S/C14H12Cl3N/c1-9(13-7-4-11(16)8-14(13)17)18-12-5-2-10(15)3-6-12/h2-9,18H,1H3. The first-order valence-corrected chi connectivity index (χ1v) is 6.66. The first kappa shape index (κ1) is 13.5. The number of rotatable bonds is 3. The lowest BCUT2D eigenvalue weighted by atomic mass is 10.1. The van der Waals surface area contributed by atoms with E-state index in [2.05, 4.69) is 5.32 Å². The maximum absolute atomic E-state index is 6.17. The second-order valence-corrected chi connectivity index (χ2v) is 5.32. The Morgan fingerprint density at radius 2 is 1.50 bits per heavy atom. The minimum Gasteiger partial charge on any atom is -0.378 e. The Labute approximate surface area is 122 Å². The van der Waals surface area contributed by atoms with E-state index < -0.39 is 0 Å². The summed E-state index contributed by atoms with van der Waals surface area (Å²) in [6.45, 7) is 2.05. The van der Waals surface area contributed by atoms with Gasteiger partial charge in [-0.2, -0.15) is 0 Å². The maximum atomic E-state index is 6.17. The highest BCUT2D eigenvalue weighted by molar-refractivity contribution is 6.35. The molecule has 0 saturated heterocycles. The van der Waals surface area contributed by atoms with Crippen molar-refractivity contribution in [2.24, 2.45) is 0 Å². The fraction of sp³-hybridized carbons (Fsp3) is 0.143. The van der Waals surface area contributed by atoms with Crippen molar-refractivity contribution in [1.82, 2.24) is 0 Å². The van der Waals surface area contributed by atoms with Crippen LogP contribution in [0.25, 0.3) is 0 Å². The molecule has 1 atom stereocenters. The van der Waals surface area contributed by atoms with Crippen molar-refractivity contribution < 1.29 is 0 Å². The van der Waals surface area contributed by atoms with Crippen LogP contribution in [-0.4, -0.2) is 0 Å². The zero-order valence-corrected chi connectivity index (χ0v) is 12.0. The summed E-state index contributed by atoms with van der Waals surface area (Å²) in [5.41, 5.74) is 2.01. The van der Waals surface area contributed by atoms with Crippen LogP contribution in [0.4, 0.5) is 5.69 Å². The molecule has 18 heavy (non-hydrogen) atoms. The van der Waals surface area contributed by atoms with Gasteiger partial charge in [-0.1, -0.05) is 40.9 Å². The van der Waals surface area contributed by atoms with Crippen molar-refractivity contribution in [2.75, 3.05) is 5.32 Å². The molecule has 4 heteroatoms. The van der Waals surface area contributed by atoms with Crippen LogP contribution < -0.4 is 5.32 Å². The van der Waals surface area contributed by atoms with E-state index in [1.165, 1.54) is 0 Å². The minimum atomic E-state index is 0.0935. The van der Waals surface area contributed by atoms with Crippen LogP contribution in [0.1, 0.15) is 18.5 Å². The molecule has 0 heterocycles. The van der Waals surface area contributed by atoms with Crippen LogP contribution in [-0.2, 0) is 0 Å². The third-order valence-corrected chi connectivity index (χ3v) is 3.47. The molecule has 1 unspecified atom stereocenters. The van der Waals surface area contributed by atoms with Gasteiger partial charge in [0.25, 0.3) is 0 Å². The van der Waals surface area contributed by atoms with Crippen LogP contribution in [0.5, 0.6) is 0 Å². The Morgan fingerprint density at radius 3 is 2.11 bits per heavy atom. The quantitative estimate of drug-likeness (QED) is 0.753. The van der Waals surface area contributed by atoms with E-state index in [-0.39, 0.29) is 6.04 Å². The summed E-state index contributed by atoms with van der Waals surface area (Å²) in [7, 11) is 0. The van der Waals surface area contributed by atoms with Gasteiger partial charge in [-0.25, -0.2) is 0 Å². The van der Waals surface area contributed by atoms with Crippen molar-refractivity contribution in [1.29, 1.82) is 0 Å². The zero-order valence-electron chi connectivity index (χ0n) is 9.75. The zero-order chi connectivity index (χ0) is 13.1. The van der Waals surface area contributed by atoms with Gasteiger partial charge in [-0.15, -0.1) is 0 Å². The second-order valence-electron chi connectivity index (χ2n) is 4.04. The molecule has 0 aliphatic heterocycles. The molecule has 0 amide bonds. The van der Waals surface area contributed by atoms with Crippen molar-refractivity contribution in [3.63, 3.8) is 0 Å². The van der Waals surface area contributed by atoms with E-state index in [9.17, 15) is 0 Å². The molecule has 94 valence electrons. The summed E-state index contributed by atoms with van der Waals surface area (Å²) < 4.78 is 0. The topological polar surface area (TPSA) is 12.0 Å². The smallest absolute Gasteiger partial charge is 0.0500 e. The molecule has 1 N–H and O–H groups in total. The van der Waals surface area contributed by atoms with E-state index in [4.69, 9.17) is 34.8 Å². The largest absolute Gasteiger partial charge is 0.378 e. The van der Waals surface area contributed by atoms with Crippen LogP contribution in [0.3, 0.4) is 0 Å². The third-order valence-electron chi connectivity index (χ3n) is 2.66. The Kier molecular flexibility index (Phi) is 4.39. The van der Waals surface area contributed by atoms with Crippen molar-refractivity contribution in [2.45, 2.75) is 13.0 Å². The van der Waals surface area contributed by atoms with Gasteiger partial charge in [-0.3, -0.25) is 0 Å². The van der Waals surface area contributed by atoms with E-state index in [1.807, 2.05) is 43.3 Å². The highest BCUT2D eigenvalue weighted by Crippen LogP contribution is 2.28. The molecule has 0 aromatic heterocycles. The van der Waals surface area contributed by atoms with Crippen LogP contribution in [0.15, 0.2) is 42.5 Å². The molecule has 0 spiro atoms. The summed E-state index contributed by atoms with van der Waals surface area (Å²) in [5, 5.41) is 5.38. The molecule has 0 bridgehead atoms. The van der Waals surface area contributed by atoms with E-state index >= 15 is 0 Å². The molecular formula is C14H12Cl3N. The molecule has 0 saturated carbocycles. The van der Waals surface area contributed by atoms with Crippen LogP contribution in [0.2, 0.25) is 15.1 Å². The van der Waals surface area contributed by atoms with E-state index in [0.717, 1.165) is 16.3 Å². The van der Waals surface area contributed by atoms with Gasteiger partial charge in [0.05, 0.1) is 0 Å². The molecule has 2 rings (SSSR count). The first-order valence-electron chi connectivity index (χ1n) is 5.53. The van der Waals surface area contributed by atoms with Gasteiger partial charge in [0.1, 0.15) is 0 Å². The number of halogens is 3. The number of hydrogen-bond acceptors (Lipinski definition) is 1. The number of nitrogens with one attached hydrogen (secondary N) is 1. The maximum Gasteiger partial charge on any atom is 0.0500 e. The fourth-order valence-corrected chi connectivity index (χ4v) is 2.42. The molecule has 2 aromatic carbocycles. The second kappa shape index (κ2) is 5.83. The Balaban J connectivity index is 2.16. The summed E-state index contributed by atoms with van der Waals surface area (Å²) >= 11 is 17.9. The van der Waals surface area contributed by atoms with Crippen LogP contribution in [0, 0.1) is 0 Å². The number of anilines is 1. The molecule has 0 aliphatic rings. The predicted octanol–water partition coefficient (Wildman–Crippen LogP) is 5.82.